The molecular formula is C24H35N3O5. The van der Waals surface area contributed by atoms with Gasteiger partial charge >= 0.3 is 0 Å². The lowest BCUT2D eigenvalue weighted by Crippen LogP contribution is -2.56. The predicted octanol–water partition coefficient (Wildman–Crippen LogP) is 0.957. The molecule has 4 rings (SSSR count). The molecule has 5 atom stereocenters. The Kier molecular flexibility index (Phi) is 6.20. The second kappa shape index (κ2) is 8.63. The summed E-state index contributed by atoms with van der Waals surface area (Å²) in [6.45, 7) is 5.69. The first-order valence-electron chi connectivity index (χ1n) is 11.8. The molecule has 4 aliphatic rings. The molecule has 0 aliphatic carbocycles. The van der Waals surface area contributed by atoms with E-state index in [1.807, 2.05) is 31.2 Å². The van der Waals surface area contributed by atoms with E-state index in [9.17, 15) is 19.5 Å². The minimum atomic E-state index is -1.19. The number of hydrogen-bond donors (Lipinski definition) is 1. The average molecular weight is 446 g/mol. The van der Waals surface area contributed by atoms with Gasteiger partial charge in [-0.3, -0.25) is 14.4 Å². The van der Waals surface area contributed by atoms with Gasteiger partial charge in [-0.2, -0.15) is 0 Å². The van der Waals surface area contributed by atoms with Crippen LogP contribution in [0.2, 0.25) is 0 Å². The highest BCUT2D eigenvalue weighted by Gasteiger charge is 2.74. The zero-order chi connectivity index (χ0) is 23.1. The molecule has 2 saturated heterocycles. The number of carbonyl (C=O) groups excluding carboxylic acids is 3. The van der Waals surface area contributed by atoms with Crippen LogP contribution in [0.3, 0.4) is 0 Å². The van der Waals surface area contributed by atoms with Gasteiger partial charge in [0.2, 0.25) is 17.7 Å². The summed E-state index contributed by atoms with van der Waals surface area (Å²) >= 11 is 0. The van der Waals surface area contributed by atoms with E-state index in [-0.39, 0.29) is 30.9 Å². The highest BCUT2D eigenvalue weighted by Crippen LogP contribution is 2.57. The molecule has 4 aliphatic heterocycles. The molecule has 3 amide bonds. The number of unbranched alkanes of at least 4 members (excludes halogenated alkanes) is 2. The van der Waals surface area contributed by atoms with E-state index in [1.54, 1.807) is 21.7 Å². The summed E-state index contributed by atoms with van der Waals surface area (Å²) in [5, 5.41) is 9.42. The van der Waals surface area contributed by atoms with Crippen molar-refractivity contribution in [2.24, 2.45) is 11.8 Å². The van der Waals surface area contributed by atoms with Crippen LogP contribution in [0.25, 0.3) is 0 Å². The lowest BCUT2D eigenvalue weighted by Gasteiger charge is -2.37. The normalized spacial score (nSPS) is 36.3. The minimum absolute atomic E-state index is 0.0786. The standard InChI is InChI=1S/C24H35N3O5/c1-4-5-6-13-26-14-8-11-24-18(21(30)27(15-9-16-28)19(24)22(26)31)17-20(29)25(3)12-7-10-23(17,2)32-24/h7-8,10-11,17-19,28H,4-6,9,12-16H2,1-3H3/t17-,18-,19?,23+,24-/m0/s1. The van der Waals surface area contributed by atoms with Crippen molar-refractivity contribution in [1.29, 1.82) is 0 Å². The largest absolute Gasteiger partial charge is 0.396 e. The zero-order valence-corrected chi connectivity index (χ0v) is 19.3. The summed E-state index contributed by atoms with van der Waals surface area (Å²) in [5.74, 6) is -1.98. The Morgan fingerprint density at radius 3 is 2.47 bits per heavy atom. The zero-order valence-electron chi connectivity index (χ0n) is 19.3. The fourth-order valence-electron chi connectivity index (χ4n) is 5.92. The number of aliphatic hydroxyl groups is 1. The fourth-order valence-corrected chi connectivity index (χ4v) is 5.92. The maximum atomic E-state index is 13.8. The average Bonchev–Trinajstić information content (AvgIpc) is 3.03. The molecule has 0 bridgehead atoms. The first kappa shape index (κ1) is 23.0. The molecule has 0 aromatic heterocycles. The van der Waals surface area contributed by atoms with E-state index in [1.165, 1.54) is 0 Å². The van der Waals surface area contributed by atoms with E-state index in [0.29, 0.717) is 26.1 Å². The predicted molar refractivity (Wildman–Crippen MR) is 118 cm³/mol. The molecule has 4 heterocycles. The molecule has 0 aromatic carbocycles. The quantitative estimate of drug-likeness (QED) is 0.466. The van der Waals surface area contributed by atoms with Crippen molar-refractivity contribution in [2.75, 3.05) is 39.8 Å². The number of likely N-dealkylation sites (N-methyl/N-ethyl adjacent to an activating group) is 1. The smallest absolute Gasteiger partial charge is 0.249 e. The van der Waals surface area contributed by atoms with Gasteiger partial charge in [0, 0.05) is 39.8 Å². The second-order valence-corrected chi connectivity index (χ2v) is 9.62. The Hall–Kier alpha value is -2.19. The first-order valence-corrected chi connectivity index (χ1v) is 11.8. The number of nitrogens with zero attached hydrogens (tertiary/aromatic N) is 3. The molecule has 2 fully saturated rings. The van der Waals surface area contributed by atoms with Crippen LogP contribution >= 0.6 is 0 Å². The Morgan fingerprint density at radius 1 is 1.00 bits per heavy atom. The topological polar surface area (TPSA) is 90.4 Å². The van der Waals surface area contributed by atoms with Gasteiger partial charge in [0.1, 0.15) is 11.6 Å². The van der Waals surface area contributed by atoms with Gasteiger partial charge in [0.15, 0.2) is 0 Å². The van der Waals surface area contributed by atoms with Crippen molar-refractivity contribution in [1.82, 2.24) is 14.7 Å². The maximum Gasteiger partial charge on any atom is 0.249 e. The summed E-state index contributed by atoms with van der Waals surface area (Å²) in [7, 11) is 1.73. The van der Waals surface area contributed by atoms with Crippen molar-refractivity contribution in [3.8, 4) is 0 Å². The van der Waals surface area contributed by atoms with Gasteiger partial charge in [-0.15, -0.1) is 0 Å². The van der Waals surface area contributed by atoms with Crippen LogP contribution in [0.15, 0.2) is 24.3 Å². The molecule has 176 valence electrons. The van der Waals surface area contributed by atoms with E-state index >= 15 is 0 Å². The van der Waals surface area contributed by atoms with Crippen LogP contribution in [0.4, 0.5) is 0 Å². The maximum absolute atomic E-state index is 13.8. The summed E-state index contributed by atoms with van der Waals surface area (Å²) in [6.07, 6.45) is 10.9. The molecule has 8 heteroatoms. The van der Waals surface area contributed by atoms with E-state index < -0.39 is 29.1 Å². The Labute approximate surface area is 189 Å². The van der Waals surface area contributed by atoms with Crippen LogP contribution in [-0.4, -0.2) is 94.6 Å². The van der Waals surface area contributed by atoms with Gasteiger partial charge in [-0.05, 0) is 19.8 Å². The van der Waals surface area contributed by atoms with Crippen molar-refractivity contribution in [2.45, 2.75) is 56.8 Å². The molecule has 32 heavy (non-hydrogen) atoms. The number of amides is 3. The number of carbonyl (C=O) groups is 3. The lowest BCUT2D eigenvalue weighted by atomic mass is 9.74. The van der Waals surface area contributed by atoms with Gasteiger partial charge in [-0.1, -0.05) is 44.1 Å². The molecule has 1 N–H and O–H groups in total. The van der Waals surface area contributed by atoms with E-state index in [0.717, 1.165) is 19.3 Å². The number of likely N-dealkylation sites (tertiary alicyclic amines) is 1. The van der Waals surface area contributed by atoms with Crippen LogP contribution in [0.1, 0.15) is 39.5 Å². The Balaban J connectivity index is 1.78. The third-order valence-corrected chi connectivity index (χ3v) is 7.43. The van der Waals surface area contributed by atoms with Crippen molar-refractivity contribution >= 4 is 17.7 Å². The van der Waals surface area contributed by atoms with Crippen LogP contribution in [0.5, 0.6) is 0 Å². The number of hydrogen-bond acceptors (Lipinski definition) is 5. The van der Waals surface area contributed by atoms with Crippen LogP contribution in [-0.2, 0) is 19.1 Å². The third kappa shape index (κ3) is 3.39. The number of fused-ring (bicyclic) bond motifs is 2. The van der Waals surface area contributed by atoms with E-state index in [2.05, 4.69) is 6.92 Å². The second-order valence-electron chi connectivity index (χ2n) is 9.62. The summed E-state index contributed by atoms with van der Waals surface area (Å²) in [5.41, 5.74) is -2.16. The van der Waals surface area contributed by atoms with Crippen molar-refractivity contribution < 1.29 is 24.2 Å². The van der Waals surface area contributed by atoms with Gasteiger partial charge in [-0.25, -0.2) is 0 Å². The number of ether oxygens (including phenoxy) is 1. The SMILES string of the molecule is CCCCCN1CC=C[C@]23O[C@]4(C)C=CCN(C)C(=O)[C@@H]4[C@H]2C(=O)N(CCCO)C3C1=O. The molecule has 0 aromatic rings. The summed E-state index contributed by atoms with van der Waals surface area (Å²) in [6, 6.07) is -0.831. The van der Waals surface area contributed by atoms with Crippen molar-refractivity contribution in [3.63, 3.8) is 0 Å². The lowest BCUT2D eigenvalue weighted by molar-refractivity contribution is -0.152. The summed E-state index contributed by atoms with van der Waals surface area (Å²) < 4.78 is 6.68. The van der Waals surface area contributed by atoms with Gasteiger partial charge < -0.3 is 24.5 Å². The monoisotopic (exact) mass is 445 g/mol. The molecule has 0 radical (unpaired) electrons. The molecule has 8 nitrogen and oxygen atoms in total. The van der Waals surface area contributed by atoms with Crippen LogP contribution in [0, 0.1) is 11.8 Å². The Bertz CT molecular complexity index is 841. The molecule has 1 spiro atoms. The first-order chi connectivity index (χ1) is 15.3. The molecular weight excluding hydrogens is 410 g/mol. The number of aliphatic hydroxyl groups excluding tert-OH is 1. The van der Waals surface area contributed by atoms with Gasteiger partial charge in [0.25, 0.3) is 0 Å². The summed E-state index contributed by atoms with van der Waals surface area (Å²) in [4.78, 5) is 46.0. The third-order valence-electron chi connectivity index (χ3n) is 7.43. The highest BCUT2D eigenvalue weighted by molar-refractivity contribution is 6.00. The van der Waals surface area contributed by atoms with Crippen molar-refractivity contribution in [3.05, 3.63) is 24.3 Å². The molecule has 1 unspecified atom stereocenters. The minimum Gasteiger partial charge on any atom is -0.396 e. The Morgan fingerprint density at radius 2 is 1.75 bits per heavy atom. The van der Waals surface area contributed by atoms with Crippen LogP contribution < -0.4 is 0 Å². The molecule has 0 saturated carbocycles. The number of rotatable bonds is 7. The van der Waals surface area contributed by atoms with E-state index in [4.69, 9.17) is 4.74 Å². The fraction of sp³-hybridized carbons (Fsp3) is 0.708. The highest BCUT2D eigenvalue weighted by atomic mass is 16.5. The van der Waals surface area contributed by atoms with Gasteiger partial charge in [0.05, 0.1) is 17.4 Å².